The van der Waals surface area contributed by atoms with Gasteiger partial charge in [0.2, 0.25) is 0 Å². The van der Waals surface area contributed by atoms with Gasteiger partial charge in [0.05, 0.1) is 0 Å². The Morgan fingerprint density at radius 1 is 0.250 bits per heavy atom. The maximum Gasteiger partial charge on any atom is 0.00563 e. The van der Waals surface area contributed by atoms with E-state index in [-0.39, 0.29) is 21.7 Å². The Morgan fingerprint density at radius 2 is 0.385 bits per heavy atom. The maximum absolute atomic E-state index is 4.20. The number of allylic oxidation sites excluding steroid dienone is 12. The summed E-state index contributed by atoms with van der Waals surface area (Å²) in [5.74, 6) is 0. The van der Waals surface area contributed by atoms with E-state index in [0.29, 0.717) is 0 Å². The first-order chi connectivity index (χ1) is 25.1. The maximum atomic E-state index is 4.20. The van der Waals surface area contributed by atoms with Gasteiger partial charge in [-0.3, -0.25) is 0 Å². The molecular weight excluding hydrogens is 625 g/mol. The molecule has 0 heteroatoms. The van der Waals surface area contributed by atoms with Crippen molar-refractivity contribution in [2.24, 2.45) is 0 Å². The highest BCUT2D eigenvalue weighted by atomic mass is 14.4. The quantitative estimate of drug-likeness (QED) is 0.0746. The smallest absolute Gasteiger partial charge is 0.00563 e. The highest BCUT2D eigenvalue weighted by Gasteiger charge is 2.36. The summed E-state index contributed by atoms with van der Waals surface area (Å²) in [5, 5.41) is 0. The van der Waals surface area contributed by atoms with Crippen molar-refractivity contribution in [2.45, 2.75) is 98.7 Å². The van der Waals surface area contributed by atoms with E-state index in [0.717, 1.165) is 88.2 Å². The van der Waals surface area contributed by atoms with Crippen LogP contribution >= 0.6 is 0 Å². The van der Waals surface area contributed by atoms with Gasteiger partial charge in [0, 0.05) is 21.7 Å². The Bertz CT molecular complexity index is 1270. The molecule has 274 valence electrons. The molecule has 2 rings (SSSR count). The Labute approximate surface area is 319 Å². The predicted octanol–water partition coefficient (Wildman–Crippen LogP) is 15.2. The molecular formula is C52H66. The number of hydrogen-bond donors (Lipinski definition) is 0. The Hall–Kier alpha value is -4.68. The van der Waals surface area contributed by atoms with Gasteiger partial charge in [0.15, 0.2) is 0 Å². The minimum atomic E-state index is -0.255. The third-order valence-electron chi connectivity index (χ3n) is 11.1. The molecule has 0 aromatic heterocycles. The first kappa shape index (κ1) is 43.5. The van der Waals surface area contributed by atoms with Crippen molar-refractivity contribution in [3.8, 4) is 11.1 Å². The van der Waals surface area contributed by atoms with Crippen LogP contribution in [-0.2, 0) is 21.7 Å². The Kier molecular flexibility index (Phi) is 17.6. The van der Waals surface area contributed by atoms with Crippen molar-refractivity contribution in [1.29, 1.82) is 0 Å². The van der Waals surface area contributed by atoms with E-state index in [9.17, 15) is 0 Å². The van der Waals surface area contributed by atoms with Crippen LogP contribution in [0.25, 0.3) is 11.1 Å². The van der Waals surface area contributed by atoms with Crippen LogP contribution in [0.15, 0.2) is 188 Å². The second-order valence-corrected chi connectivity index (χ2v) is 14.6. The largest absolute Gasteiger partial charge is 0.103 e. The summed E-state index contributed by atoms with van der Waals surface area (Å²) in [5.41, 5.74) is 6.29. The van der Waals surface area contributed by atoms with Gasteiger partial charge < -0.3 is 0 Å². The van der Waals surface area contributed by atoms with E-state index in [1.54, 1.807) is 0 Å². The summed E-state index contributed by atoms with van der Waals surface area (Å²) in [6.07, 6.45) is 33.9. The van der Waals surface area contributed by atoms with Crippen LogP contribution in [0.5, 0.6) is 0 Å². The number of rotatable bonds is 29. The number of benzene rings is 2. The summed E-state index contributed by atoms with van der Waals surface area (Å²) in [6, 6.07) is 14.4. The SMILES string of the molecule is C=CCC(CC=C)(CC=C)c1cc(-c2cc(C(CC=C)(CC=C)CC=C)cc(C(CC=C)(CC=C)CC=C)c2)cc(C(CC=C)(CC=C)CC=C)c1. The standard InChI is InChI=1S/C52H66/c1-13-25-49(26-14-2,27-15-3)45-37-43(38-46(41-45)50(28-16-4,29-17-5)30-18-6)44-39-47(51(31-19-7,32-20-8)33-21-9)42-48(40-44)52(34-22-10,35-23-11)36-24-12/h13-24,37-42H,1-12,25-36H2. The molecule has 0 unspecified atom stereocenters. The lowest BCUT2D eigenvalue weighted by molar-refractivity contribution is 0.425. The summed E-state index contributed by atoms with van der Waals surface area (Å²) >= 11 is 0. The van der Waals surface area contributed by atoms with E-state index in [2.05, 4.69) is 115 Å². The van der Waals surface area contributed by atoms with Crippen LogP contribution in [-0.4, -0.2) is 0 Å². The molecule has 0 atom stereocenters. The van der Waals surface area contributed by atoms with Crippen molar-refractivity contribution >= 4 is 0 Å². The van der Waals surface area contributed by atoms with Crippen LogP contribution in [0.4, 0.5) is 0 Å². The molecule has 0 nitrogen and oxygen atoms in total. The van der Waals surface area contributed by atoms with E-state index in [1.165, 1.54) is 22.3 Å². The molecule has 0 heterocycles. The van der Waals surface area contributed by atoms with Crippen LogP contribution in [0.1, 0.15) is 99.3 Å². The molecule has 0 saturated heterocycles. The van der Waals surface area contributed by atoms with Crippen LogP contribution in [0, 0.1) is 0 Å². The summed E-state index contributed by atoms with van der Waals surface area (Å²) in [6.45, 7) is 50.4. The van der Waals surface area contributed by atoms with Crippen molar-refractivity contribution in [3.63, 3.8) is 0 Å². The molecule has 0 aliphatic rings. The molecule has 0 fully saturated rings. The van der Waals surface area contributed by atoms with Crippen LogP contribution in [0.3, 0.4) is 0 Å². The zero-order valence-corrected chi connectivity index (χ0v) is 32.4. The van der Waals surface area contributed by atoms with Gasteiger partial charge in [-0.25, -0.2) is 0 Å². The molecule has 0 aliphatic carbocycles. The van der Waals surface area contributed by atoms with Crippen molar-refractivity contribution in [1.82, 2.24) is 0 Å². The van der Waals surface area contributed by atoms with Crippen molar-refractivity contribution in [2.75, 3.05) is 0 Å². The van der Waals surface area contributed by atoms with E-state index in [4.69, 9.17) is 0 Å². The summed E-state index contributed by atoms with van der Waals surface area (Å²) in [7, 11) is 0. The molecule has 52 heavy (non-hydrogen) atoms. The lowest BCUT2D eigenvalue weighted by Crippen LogP contribution is -2.29. The monoisotopic (exact) mass is 691 g/mol. The number of hydrogen-bond acceptors (Lipinski definition) is 0. The molecule has 2 aromatic carbocycles. The normalized spacial score (nSPS) is 11.8. The predicted molar refractivity (Wildman–Crippen MR) is 236 cm³/mol. The van der Waals surface area contributed by atoms with Crippen molar-refractivity contribution < 1.29 is 0 Å². The first-order valence-electron chi connectivity index (χ1n) is 18.8. The second kappa shape index (κ2) is 21.0. The third kappa shape index (κ3) is 9.80. The van der Waals surface area contributed by atoms with Crippen LogP contribution < -0.4 is 0 Å². The second-order valence-electron chi connectivity index (χ2n) is 14.6. The average molecular weight is 691 g/mol. The Morgan fingerprint density at radius 3 is 0.500 bits per heavy atom. The molecule has 0 N–H and O–H groups in total. The van der Waals surface area contributed by atoms with Gasteiger partial charge in [-0.2, -0.15) is 0 Å². The van der Waals surface area contributed by atoms with Gasteiger partial charge in [0.25, 0.3) is 0 Å². The van der Waals surface area contributed by atoms with Crippen molar-refractivity contribution in [3.05, 3.63) is 211 Å². The fourth-order valence-corrected chi connectivity index (χ4v) is 8.54. The molecule has 0 spiro atoms. The zero-order chi connectivity index (χ0) is 38.7. The minimum absolute atomic E-state index is 0.255. The van der Waals surface area contributed by atoms with Gasteiger partial charge in [-0.15, -0.1) is 78.9 Å². The van der Waals surface area contributed by atoms with Gasteiger partial charge in [-0.05, 0) is 110 Å². The highest BCUT2D eigenvalue weighted by molar-refractivity contribution is 5.69. The van der Waals surface area contributed by atoms with Gasteiger partial charge in [0.1, 0.15) is 0 Å². The topological polar surface area (TPSA) is 0 Å². The highest BCUT2D eigenvalue weighted by Crippen LogP contribution is 2.47. The molecule has 0 saturated carbocycles. The molecule has 0 amide bonds. The summed E-state index contributed by atoms with van der Waals surface area (Å²) in [4.78, 5) is 0. The zero-order valence-electron chi connectivity index (χ0n) is 32.4. The average Bonchev–Trinajstić information content (AvgIpc) is 3.12. The minimum Gasteiger partial charge on any atom is -0.103 e. The molecule has 0 radical (unpaired) electrons. The third-order valence-corrected chi connectivity index (χ3v) is 11.1. The Balaban J connectivity index is 3.41. The van der Waals surface area contributed by atoms with E-state index in [1.807, 2.05) is 72.9 Å². The molecule has 0 aliphatic heterocycles. The fraction of sp³-hybridized carbons (Fsp3) is 0.308. The molecule has 0 bridgehead atoms. The first-order valence-corrected chi connectivity index (χ1v) is 18.8. The summed E-state index contributed by atoms with van der Waals surface area (Å²) < 4.78 is 0. The molecule has 2 aromatic rings. The van der Waals surface area contributed by atoms with Crippen LogP contribution in [0.2, 0.25) is 0 Å². The fourth-order valence-electron chi connectivity index (χ4n) is 8.54. The van der Waals surface area contributed by atoms with Gasteiger partial charge >= 0.3 is 0 Å². The van der Waals surface area contributed by atoms with E-state index >= 15 is 0 Å². The lowest BCUT2D eigenvalue weighted by atomic mass is 9.66. The lowest BCUT2D eigenvalue weighted by Gasteiger charge is -2.38. The van der Waals surface area contributed by atoms with E-state index < -0.39 is 0 Å². The van der Waals surface area contributed by atoms with Gasteiger partial charge in [-0.1, -0.05) is 109 Å².